The first-order chi connectivity index (χ1) is 18.4. The van der Waals surface area contributed by atoms with Gasteiger partial charge in [-0.25, -0.2) is 8.42 Å². The van der Waals surface area contributed by atoms with E-state index in [1.165, 1.54) is 36.2 Å². The van der Waals surface area contributed by atoms with Crippen molar-refractivity contribution in [2.75, 3.05) is 17.9 Å². The molecule has 0 bridgehead atoms. The van der Waals surface area contributed by atoms with Gasteiger partial charge in [-0.1, -0.05) is 53.9 Å². The molecule has 0 unspecified atom stereocenters. The Hall–Kier alpha value is -2.78. The third-order valence-electron chi connectivity index (χ3n) is 6.45. The standard InChI is InChI=1S/C28H30Cl3N3O4S/c1-5-26(28(36)32-4)33(16-20-7-8-22(30)15-25(20)31)27(35)17-34(23-11-6-18(2)19(3)14-23)39(37,38)24-12-9-21(29)10-13-24/h6-15,26H,5,16-17H2,1-4H3,(H,32,36)/t26-/m1/s1. The zero-order valence-electron chi connectivity index (χ0n) is 22.0. The van der Waals surface area contributed by atoms with Crippen LogP contribution in [0.5, 0.6) is 0 Å². The van der Waals surface area contributed by atoms with Crippen LogP contribution in [-0.2, 0) is 26.2 Å². The number of carbonyl (C=O) groups excluding carboxylic acids is 2. The number of nitrogens with one attached hydrogen (secondary N) is 1. The van der Waals surface area contributed by atoms with Crippen LogP contribution in [0.25, 0.3) is 0 Å². The van der Waals surface area contributed by atoms with Gasteiger partial charge in [-0.15, -0.1) is 0 Å². The van der Waals surface area contributed by atoms with Gasteiger partial charge in [-0.2, -0.15) is 0 Å². The minimum Gasteiger partial charge on any atom is -0.357 e. The average Bonchev–Trinajstić information content (AvgIpc) is 2.89. The predicted octanol–water partition coefficient (Wildman–Crippen LogP) is 6.01. The number of sulfonamides is 1. The molecule has 3 aromatic rings. The molecule has 0 aliphatic heterocycles. The summed E-state index contributed by atoms with van der Waals surface area (Å²) in [6, 6.07) is 14.9. The highest BCUT2D eigenvalue weighted by Crippen LogP contribution is 2.28. The minimum atomic E-state index is -4.19. The number of carbonyl (C=O) groups is 2. The third kappa shape index (κ3) is 7.25. The van der Waals surface area contributed by atoms with Crippen LogP contribution in [0.3, 0.4) is 0 Å². The molecule has 2 amide bonds. The van der Waals surface area contributed by atoms with Crippen LogP contribution in [0, 0.1) is 13.8 Å². The Bertz CT molecular complexity index is 1460. The maximum absolute atomic E-state index is 14.0. The fraction of sp³-hybridized carbons (Fsp3) is 0.286. The Balaban J connectivity index is 2.10. The molecular weight excluding hydrogens is 581 g/mol. The normalized spacial score (nSPS) is 12.1. The van der Waals surface area contributed by atoms with E-state index in [-0.39, 0.29) is 17.3 Å². The molecule has 11 heteroatoms. The summed E-state index contributed by atoms with van der Waals surface area (Å²) in [5.41, 5.74) is 2.71. The van der Waals surface area contributed by atoms with Crippen LogP contribution >= 0.6 is 34.8 Å². The molecule has 0 saturated heterocycles. The van der Waals surface area contributed by atoms with Gasteiger partial charge in [0.15, 0.2) is 0 Å². The molecule has 0 heterocycles. The number of amides is 2. The predicted molar refractivity (Wildman–Crippen MR) is 157 cm³/mol. The van der Waals surface area contributed by atoms with Crippen LogP contribution in [-0.4, -0.2) is 44.8 Å². The SMILES string of the molecule is CC[C@H](C(=O)NC)N(Cc1ccc(Cl)cc1Cl)C(=O)CN(c1ccc(C)c(C)c1)S(=O)(=O)c1ccc(Cl)cc1. The molecule has 39 heavy (non-hydrogen) atoms. The van der Waals surface area contributed by atoms with Crippen LogP contribution in [0.2, 0.25) is 15.1 Å². The summed E-state index contributed by atoms with van der Waals surface area (Å²) >= 11 is 18.4. The van der Waals surface area contributed by atoms with Crippen molar-refractivity contribution in [3.63, 3.8) is 0 Å². The Morgan fingerprint density at radius 2 is 1.54 bits per heavy atom. The number of nitrogens with zero attached hydrogens (tertiary/aromatic N) is 2. The summed E-state index contributed by atoms with van der Waals surface area (Å²) in [4.78, 5) is 28.1. The molecule has 0 radical (unpaired) electrons. The summed E-state index contributed by atoms with van der Waals surface area (Å²) < 4.78 is 28.8. The van der Waals surface area contributed by atoms with Crippen molar-refractivity contribution in [2.45, 2.75) is 44.7 Å². The van der Waals surface area contributed by atoms with E-state index in [0.717, 1.165) is 15.4 Å². The Morgan fingerprint density at radius 3 is 2.10 bits per heavy atom. The first-order valence-electron chi connectivity index (χ1n) is 12.2. The van der Waals surface area contributed by atoms with Crippen molar-refractivity contribution >= 4 is 62.3 Å². The van der Waals surface area contributed by atoms with Crippen molar-refractivity contribution in [2.24, 2.45) is 0 Å². The number of hydrogen-bond donors (Lipinski definition) is 1. The molecule has 0 saturated carbocycles. The minimum absolute atomic E-state index is 0.0245. The second kappa shape index (κ2) is 13.0. The van der Waals surface area contributed by atoms with Crippen molar-refractivity contribution in [1.82, 2.24) is 10.2 Å². The van der Waals surface area contributed by atoms with Gasteiger partial charge >= 0.3 is 0 Å². The average molecular weight is 611 g/mol. The summed E-state index contributed by atoms with van der Waals surface area (Å²) in [6.45, 7) is 4.97. The van der Waals surface area contributed by atoms with Crippen LogP contribution < -0.4 is 9.62 Å². The van der Waals surface area contributed by atoms with Gasteiger partial charge in [0.05, 0.1) is 10.6 Å². The number of benzene rings is 3. The smallest absolute Gasteiger partial charge is 0.264 e. The van der Waals surface area contributed by atoms with Crippen molar-refractivity contribution in [1.29, 1.82) is 0 Å². The lowest BCUT2D eigenvalue weighted by molar-refractivity contribution is -0.140. The summed E-state index contributed by atoms with van der Waals surface area (Å²) in [6.07, 6.45) is 0.296. The lowest BCUT2D eigenvalue weighted by Gasteiger charge is -2.33. The topological polar surface area (TPSA) is 86.8 Å². The summed E-state index contributed by atoms with van der Waals surface area (Å²) in [5.74, 6) is -0.957. The van der Waals surface area contributed by atoms with E-state index in [1.807, 2.05) is 13.8 Å². The number of likely N-dealkylation sites (N-methyl/N-ethyl adjacent to an activating group) is 1. The van der Waals surface area contributed by atoms with Gasteiger partial charge in [-0.3, -0.25) is 13.9 Å². The molecule has 0 aliphatic rings. The Morgan fingerprint density at radius 1 is 0.897 bits per heavy atom. The zero-order chi connectivity index (χ0) is 28.9. The first kappa shape index (κ1) is 30.8. The van der Waals surface area contributed by atoms with Gasteiger partial charge in [0.1, 0.15) is 12.6 Å². The van der Waals surface area contributed by atoms with E-state index in [9.17, 15) is 18.0 Å². The number of halogens is 3. The van der Waals surface area contributed by atoms with Crippen molar-refractivity contribution in [3.8, 4) is 0 Å². The van der Waals surface area contributed by atoms with E-state index >= 15 is 0 Å². The fourth-order valence-corrected chi connectivity index (χ4v) is 6.06. The van der Waals surface area contributed by atoms with E-state index in [1.54, 1.807) is 43.3 Å². The summed E-state index contributed by atoms with van der Waals surface area (Å²) in [5, 5.41) is 3.72. The monoisotopic (exact) mass is 609 g/mol. The van der Waals surface area contributed by atoms with Crippen LogP contribution in [0.4, 0.5) is 5.69 Å². The molecule has 0 aromatic heterocycles. The third-order valence-corrected chi connectivity index (χ3v) is 9.07. The maximum atomic E-state index is 14.0. The van der Waals surface area contributed by atoms with Crippen molar-refractivity contribution in [3.05, 3.63) is 92.4 Å². The van der Waals surface area contributed by atoms with Gasteiger partial charge in [0.2, 0.25) is 11.8 Å². The molecule has 1 atom stereocenters. The first-order valence-corrected chi connectivity index (χ1v) is 14.8. The number of aryl methyl sites for hydroxylation is 2. The van der Waals surface area contributed by atoms with Gasteiger partial charge in [0, 0.05) is 28.7 Å². The highest BCUT2D eigenvalue weighted by Gasteiger charge is 2.33. The quantitative estimate of drug-likeness (QED) is 0.305. The Labute approximate surface area is 244 Å². The lowest BCUT2D eigenvalue weighted by atomic mass is 10.1. The Kier molecular flexibility index (Phi) is 10.3. The van der Waals surface area contributed by atoms with Gasteiger partial charge in [-0.05, 0) is 85.5 Å². The summed E-state index contributed by atoms with van der Waals surface area (Å²) in [7, 11) is -2.71. The van der Waals surface area contributed by atoms with Crippen LogP contribution in [0.1, 0.15) is 30.0 Å². The molecule has 3 aromatic carbocycles. The van der Waals surface area contributed by atoms with Gasteiger partial charge in [0.25, 0.3) is 10.0 Å². The zero-order valence-corrected chi connectivity index (χ0v) is 25.1. The highest BCUT2D eigenvalue weighted by molar-refractivity contribution is 7.92. The fourth-order valence-electron chi connectivity index (χ4n) is 4.06. The molecule has 0 aliphatic carbocycles. The molecule has 1 N–H and O–H groups in total. The second-order valence-corrected chi connectivity index (χ2v) is 12.2. The number of anilines is 1. The second-order valence-electron chi connectivity index (χ2n) is 9.03. The molecule has 0 spiro atoms. The molecular formula is C28H30Cl3N3O4S. The maximum Gasteiger partial charge on any atom is 0.264 e. The van der Waals surface area contributed by atoms with E-state index in [2.05, 4.69) is 5.32 Å². The van der Waals surface area contributed by atoms with Gasteiger partial charge < -0.3 is 10.2 Å². The van der Waals surface area contributed by atoms with Crippen LogP contribution in [0.15, 0.2) is 65.6 Å². The molecule has 0 fully saturated rings. The van der Waals surface area contributed by atoms with E-state index < -0.39 is 28.5 Å². The number of rotatable bonds is 10. The lowest BCUT2D eigenvalue weighted by Crippen LogP contribution is -2.51. The largest absolute Gasteiger partial charge is 0.357 e. The molecule has 7 nitrogen and oxygen atoms in total. The van der Waals surface area contributed by atoms with Crippen molar-refractivity contribution < 1.29 is 18.0 Å². The van der Waals surface area contributed by atoms with E-state index in [0.29, 0.717) is 32.7 Å². The van der Waals surface area contributed by atoms with E-state index in [4.69, 9.17) is 34.8 Å². The molecule has 208 valence electrons. The number of hydrogen-bond acceptors (Lipinski definition) is 4. The highest BCUT2D eigenvalue weighted by atomic mass is 35.5. The molecule has 3 rings (SSSR count).